The third kappa shape index (κ3) is 4.28. The van der Waals surface area contributed by atoms with Crippen molar-refractivity contribution in [1.29, 1.82) is 0 Å². The molecule has 134 valence electrons. The number of nitrogens with zero attached hydrogens (tertiary/aromatic N) is 5. The van der Waals surface area contributed by atoms with Gasteiger partial charge in [-0.05, 0) is 18.2 Å². The predicted molar refractivity (Wildman–Crippen MR) is 84.9 cm³/mol. The highest BCUT2D eigenvalue weighted by Gasteiger charge is 2.31. The first kappa shape index (κ1) is 17.2. The van der Waals surface area contributed by atoms with Crippen LogP contribution in [0.15, 0.2) is 36.9 Å². The SMILES string of the molecule is O=C(CCn1cncn1)N1CCN(c2cccc(C(F)(F)F)c2)CC1. The Labute approximate surface area is 142 Å². The largest absolute Gasteiger partial charge is 0.416 e. The second-order valence-electron chi connectivity index (χ2n) is 5.82. The molecule has 0 N–H and O–H groups in total. The van der Waals surface area contributed by atoms with Crippen LogP contribution in [-0.4, -0.2) is 51.8 Å². The summed E-state index contributed by atoms with van der Waals surface area (Å²) in [6.45, 7) is 2.47. The minimum Gasteiger partial charge on any atom is -0.368 e. The van der Waals surface area contributed by atoms with Crippen LogP contribution in [0.1, 0.15) is 12.0 Å². The molecule has 6 nitrogen and oxygen atoms in total. The van der Waals surface area contributed by atoms with Crippen LogP contribution in [-0.2, 0) is 17.5 Å². The van der Waals surface area contributed by atoms with E-state index in [0.29, 0.717) is 44.8 Å². The van der Waals surface area contributed by atoms with Gasteiger partial charge in [0.05, 0.1) is 12.1 Å². The van der Waals surface area contributed by atoms with Gasteiger partial charge in [-0.15, -0.1) is 0 Å². The van der Waals surface area contributed by atoms with Crippen molar-refractivity contribution < 1.29 is 18.0 Å². The lowest BCUT2D eigenvalue weighted by molar-refractivity contribution is -0.137. The van der Waals surface area contributed by atoms with Gasteiger partial charge in [-0.2, -0.15) is 18.3 Å². The van der Waals surface area contributed by atoms with Crippen molar-refractivity contribution in [3.63, 3.8) is 0 Å². The molecule has 0 spiro atoms. The van der Waals surface area contributed by atoms with Crippen molar-refractivity contribution >= 4 is 11.6 Å². The Balaban J connectivity index is 1.54. The molecule has 2 aromatic rings. The highest BCUT2D eigenvalue weighted by Crippen LogP contribution is 2.31. The summed E-state index contributed by atoms with van der Waals surface area (Å²) in [7, 11) is 0. The summed E-state index contributed by atoms with van der Waals surface area (Å²) >= 11 is 0. The number of hydrogen-bond acceptors (Lipinski definition) is 4. The second kappa shape index (κ2) is 7.12. The summed E-state index contributed by atoms with van der Waals surface area (Å²) in [5.41, 5.74) is -0.124. The van der Waals surface area contributed by atoms with Crippen molar-refractivity contribution in [1.82, 2.24) is 19.7 Å². The second-order valence-corrected chi connectivity index (χ2v) is 5.82. The smallest absolute Gasteiger partial charge is 0.368 e. The molecule has 0 aliphatic carbocycles. The van der Waals surface area contributed by atoms with Crippen LogP contribution >= 0.6 is 0 Å². The van der Waals surface area contributed by atoms with Crippen molar-refractivity contribution in [2.45, 2.75) is 19.1 Å². The zero-order valence-electron chi connectivity index (χ0n) is 13.5. The maximum atomic E-state index is 12.8. The normalized spacial score (nSPS) is 15.5. The third-order valence-corrected chi connectivity index (χ3v) is 4.19. The van der Waals surface area contributed by atoms with E-state index in [1.54, 1.807) is 22.0 Å². The van der Waals surface area contributed by atoms with Gasteiger partial charge in [0.25, 0.3) is 0 Å². The Kier molecular flexibility index (Phi) is 4.91. The van der Waals surface area contributed by atoms with E-state index >= 15 is 0 Å². The van der Waals surface area contributed by atoms with Crippen molar-refractivity contribution in [2.75, 3.05) is 31.1 Å². The molecule has 0 saturated carbocycles. The minimum absolute atomic E-state index is 0.0131. The van der Waals surface area contributed by atoms with Gasteiger partial charge in [-0.25, -0.2) is 4.98 Å². The summed E-state index contributed by atoms with van der Waals surface area (Å²) in [5, 5.41) is 3.95. The quantitative estimate of drug-likeness (QED) is 0.844. The molecule has 0 unspecified atom stereocenters. The van der Waals surface area contributed by atoms with E-state index in [1.165, 1.54) is 12.4 Å². The number of amides is 1. The van der Waals surface area contributed by atoms with Gasteiger partial charge in [-0.3, -0.25) is 9.48 Å². The van der Waals surface area contributed by atoms with Crippen LogP contribution in [0, 0.1) is 0 Å². The number of alkyl halides is 3. The molecule has 1 aliphatic heterocycles. The Morgan fingerprint density at radius 2 is 1.92 bits per heavy atom. The number of anilines is 1. The maximum absolute atomic E-state index is 12.8. The Bertz CT molecular complexity index is 709. The maximum Gasteiger partial charge on any atom is 0.416 e. The van der Waals surface area contributed by atoms with Crippen LogP contribution in [0.3, 0.4) is 0 Å². The first-order chi connectivity index (χ1) is 11.9. The summed E-state index contributed by atoms with van der Waals surface area (Å²) in [6.07, 6.45) is -1.06. The number of piperazine rings is 1. The number of rotatable bonds is 4. The van der Waals surface area contributed by atoms with Crippen LogP contribution in [0.25, 0.3) is 0 Å². The molecule has 0 bridgehead atoms. The fourth-order valence-electron chi connectivity index (χ4n) is 2.81. The van der Waals surface area contributed by atoms with E-state index in [2.05, 4.69) is 10.1 Å². The van der Waals surface area contributed by atoms with Crippen LogP contribution in [0.5, 0.6) is 0 Å². The van der Waals surface area contributed by atoms with Gasteiger partial charge < -0.3 is 9.80 Å². The summed E-state index contributed by atoms with van der Waals surface area (Å²) in [6, 6.07) is 5.29. The van der Waals surface area contributed by atoms with Gasteiger partial charge in [0, 0.05) is 38.3 Å². The van der Waals surface area contributed by atoms with Crippen molar-refractivity contribution in [2.24, 2.45) is 0 Å². The molecule has 2 heterocycles. The Hall–Kier alpha value is -2.58. The van der Waals surface area contributed by atoms with Crippen LogP contribution in [0.4, 0.5) is 18.9 Å². The topological polar surface area (TPSA) is 54.3 Å². The number of aromatic nitrogens is 3. The van der Waals surface area contributed by atoms with Crippen molar-refractivity contribution in [3.05, 3.63) is 42.5 Å². The molecular weight excluding hydrogens is 335 g/mol. The molecular formula is C16H18F3N5O. The average molecular weight is 353 g/mol. The van der Waals surface area contributed by atoms with Gasteiger partial charge in [0.15, 0.2) is 0 Å². The van der Waals surface area contributed by atoms with E-state index in [4.69, 9.17) is 0 Å². The molecule has 25 heavy (non-hydrogen) atoms. The number of benzene rings is 1. The molecule has 9 heteroatoms. The van der Waals surface area contributed by atoms with Crippen molar-refractivity contribution in [3.8, 4) is 0 Å². The lowest BCUT2D eigenvalue weighted by atomic mass is 10.1. The van der Waals surface area contributed by atoms with Gasteiger partial charge in [0.1, 0.15) is 12.7 Å². The number of aryl methyl sites for hydroxylation is 1. The molecule has 1 aliphatic rings. The highest BCUT2D eigenvalue weighted by atomic mass is 19.4. The zero-order chi connectivity index (χ0) is 17.9. The van der Waals surface area contributed by atoms with E-state index in [-0.39, 0.29) is 5.91 Å². The van der Waals surface area contributed by atoms with Crippen LogP contribution < -0.4 is 4.90 Å². The van der Waals surface area contributed by atoms with E-state index in [0.717, 1.165) is 12.1 Å². The number of halogens is 3. The molecule has 0 atom stereocenters. The third-order valence-electron chi connectivity index (χ3n) is 4.19. The lowest BCUT2D eigenvalue weighted by Crippen LogP contribution is -2.49. The molecule has 1 aromatic heterocycles. The molecule has 1 aromatic carbocycles. The average Bonchev–Trinajstić information content (AvgIpc) is 3.13. The van der Waals surface area contributed by atoms with Gasteiger partial charge >= 0.3 is 6.18 Å². The standard InChI is InChI=1S/C16H18F3N5O/c17-16(18,19)13-2-1-3-14(10-13)22-6-8-23(9-7-22)15(25)4-5-24-12-20-11-21-24/h1-3,10-12H,4-9H2. The molecule has 3 rings (SSSR count). The Morgan fingerprint density at radius 3 is 2.56 bits per heavy atom. The first-order valence-corrected chi connectivity index (χ1v) is 7.96. The zero-order valence-corrected chi connectivity index (χ0v) is 13.5. The molecule has 1 amide bonds. The fraction of sp³-hybridized carbons (Fsp3) is 0.438. The number of carbonyl (C=O) groups is 1. The highest BCUT2D eigenvalue weighted by molar-refractivity contribution is 5.76. The first-order valence-electron chi connectivity index (χ1n) is 7.96. The van der Waals surface area contributed by atoms with E-state index in [1.807, 2.05) is 4.90 Å². The minimum atomic E-state index is -4.35. The molecule has 0 radical (unpaired) electrons. The van der Waals surface area contributed by atoms with E-state index in [9.17, 15) is 18.0 Å². The lowest BCUT2D eigenvalue weighted by Gasteiger charge is -2.36. The monoisotopic (exact) mass is 353 g/mol. The fourth-order valence-corrected chi connectivity index (χ4v) is 2.81. The van der Waals surface area contributed by atoms with Crippen LogP contribution in [0.2, 0.25) is 0 Å². The molecule has 1 saturated heterocycles. The summed E-state index contributed by atoms with van der Waals surface area (Å²) in [4.78, 5) is 19.6. The van der Waals surface area contributed by atoms with Gasteiger partial charge in [0.2, 0.25) is 5.91 Å². The Morgan fingerprint density at radius 1 is 1.16 bits per heavy atom. The summed E-state index contributed by atoms with van der Waals surface area (Å²) < 4.78 is 40.1. The number of carbonyl (C=O) groups excluding carboxylic acids is 1. The molecule has 1 fully saturated rings. The summed E-state index contributed by atoms with van der Waals surface area (Å²) in [5.74, 6) is 0.0131. The van der Waals surface area contributed by atoms with E-state index < -0.39 is 11.7 Å². The van der Waals surface area contributed by atoms with Gasteiger partial charge in [-0.1, -0.05) is 6.07 Å². The predicted octanol–water partition coefficient (Wildman–Crippen LogP) is 2.04. The number of hydrogen-bond donors (Lipinski definition) is 0.